The summed E-state index contributed by atoms with van der Waals surface area (Å²) in [7, 11) is 0. The van der Waals surface area contributed by atoms with Crippen molar-refractivity contribution in [3.63, 3.8) is 0 Å². The van der Waals surface area contributed by atoms with E-state index in [-0.39, 0.29) is 13.0 Å². The van der Waals surface area contributed by atoms with Crippen LogP contribution in [0.3, 0.4) is 0 Å². The van der Waals surface area contributed by atoms with E-state index in [1.54, 1.807) is 12.1 Å². The summed E-state index contributed by atoms with van der Waals surface area (Å²) in [4.78, 5) is 23.2. The van der Waals surface area contributed by atoms with Crippen LogP contribution in [0.1, 0.15) is 12.0 Å². The third kappa shape index (κ3) is 5.36. The van der Waals surface area contributed by atoms with E-state index < -0.39 is 12.0 Å². The normalized spacial score (nSPS) is 11.6. The molecule has 0 fully saturated rings. The van der Waals surface area contributed by atoms with Gasteiger partial charge in [0.2, 0.25) is 0 Å². The van der Waals surface area contributed by atoms with Gasteiger partial charge in [0.15, 0.2) is 0 Å². The molecule has 0 radical (unpaired) electrons. The molecule has 1 atom stereocenters. The number of ether oxygens (including phenoxy) is 1. The van der Waals surface area contributed by atoms with Gasteiger partial charge in [-0.05, 0) is 40.3 Å². The van der Waals surface area contributed by atoms with Crippen LogP contribution in [0.15, 0.2) is 42.5 Å². The maximum Gasteiger partial charge on any atom is 0.329 e. The maximum atomic E-state index is 12.3. The Morgan fingerprint density at radius 1 is 1.25 bits per heavy atom. The predicted octanol–water partition coefficient (Wildman–Crippen LogP) is 4.71. The molecular weight excluding hydrogens is 464 g/mol. The van der Waals surface area contributed by atoms with Gasteiger partial charge in [0.1, 0.15) is 18.9 Å². The van der Waals surface area contributed by atoms with Gasteiger partial charge < -0.3 is 14.8 Å². The van der Waals surface area contributed by atoms with E-state index in [1.807, 2.05) is 52.9 Å². The van der Waals surface area contributed by atoms with Crippen LogP contribution < -0.4 is 5.32 Å². The van der Waals surface area contributed by atoms with Gasteiger partial charge in [-0.2, -0.15) is 0 Å². The summed E-state index contributed by atoms with van der Waals surface area (Å²) in [5.74, 6) is -0.516. The van der Waals surface area contributed by atoms with Crippen molar-refractivity contribution in [2.75, 3.05) is 5.32 Å². The minimum absolute atomic E-state index is 0.0200. The van der Waals surface area contributed by atoms with Crippen LogP contribution in [0.5, 0.6) is 0 Å². The zero-order chi connectivity index (χ0) is 17.5. The smallest absolute Gasteiger partial charge is 0.329 e. The van der Waals surface area contributed by atoms with E-state index >= 15 is 0 Å². The fraction of sp³-hybridized carbons (Fsp3) is 0.176. The van der Waals surface area contributed by atoms with E-state index in [1.165, 1.54) is 0 Å². The molecule has 0 aromatic heterocycles. The topological polar surface area (TPSA) is 55.4 Å². The summed E-state index contributed by atoms with van der Waals surface area (Å²) >= 11 is 14.1. The van der Waals surface area contributed by atoms with Crippen molar-refractivity contribution >= 4 is 63.7 Å². The van der Waals surface area contributed by atoms with Crippen LogP contribution in [0.4, 0.5) is 5.69 Å². The highest BCUT2D eigenvalue weighted by Crippen LogP contribution is 2.31. The van der Waals surface area contributed by atoms with E-state index in [0.29, 0.717) is 25.6 Å². The van der Waals surface area contributed by atoms with Gasteiger partial charge in [-0.15, -0.1) is 0 Å². The number of halogens is 3. The minimum Gasteiger partial charge on any atom is -0.459 e. The average Bonchev–Trinajstić information content (AvgIpc) is 2.57. The third-order valence-corrected chi connectivity index (χ3v) is 5.16. The second-order valence-electron chi connectivity index (χ2n) is 4.94. The van der Waals surface area contributed by atoms with E-state index in [2.05, 4.69) is 5.32 Å². The molecule has 1 unspecified atom stereocenters. The second kappa shape index (κ2) is 9.25. The fourth-order valence-electron chi connectivity index (χ4n) is 1.99. The molecule has 0 aliphatic carbocycles. The highest BCUT2D eigenvalue weighted by Gasteiger charge is 2.21. The number of carbonyl (C=O) groups is 2. The Kier molecular flexibility index (Phi) is 7.33. The van der Waals surface area contributed by atoms with Gasteiger partial charge in [0.25, 0.3) is 0 Å². The third-order valence-electron chi connectivity index (χ3n) is 3.16. The van der Waals surface area contributed by atoms with E-state index in [0.717, 1.165) is 5.56 Å². The molecule has 0 bridgehead atoms. The van der Waals surface area contributed by atoms with Crippen molar-refractivity contribution in [2.45, 2.75) is 19.1 Å². The van der Waals surface area contributed by atoms with Gasteiger partial charge in [0.05, 0.1) is 14.3 Å². The first kappa shape index (κ1) is 19.0. The SMILES string of the molecule is O=CCC(Nc1cc(Cl)cc(Cl)c1I)C(=O)OCc1ccccc1. The van der Waals surface area contributed by atoms with Crippen molar-refractivity contribution in [1.29, 1.82) is 0 Å². The molecule has 2 aromatic carbocycles. The van der Waals surface area contributed by atoms with Crippen molar-refractivity contribution in [3.8, 4) is 0 Å². The van der Waals surface area contributed by atoms with Crippen molar-refractivity contribution in [2.24, 2.45) is 0 Å². The Morgan fingerprint density at radius 2 is 1.96 bits per heavy atom. The summed E-state index contributed by atoms with van der Waals surface area (Å²) < 4.78 is 6.00. The highest BCUT2D eigenvalue weighted by atomic mass is 127. The quantitative estimate of drug-likeness (QED) is 0.271. The molecule has 0 saturated carbocycles. The minimum atomic E-state index is -0.811. The number of esters is 1. The molecule has 0 heterocycles. The van der Waals surface area contributed by atoms with Crippen LogP contribution >= 0.6 is 45.8 Å². The molecule has 24 heavy (non-hydrogen) atoms. The first-order valence-electron chi connectivity index (χ1n) is 7.06. The summed E-state index contributed by atoms with van der Waals surface area (Å²) in [5.41, 5.74) is 1.45. The van der Waals surface area contributed by atoms with Crippen LogP contribution in [0.2, 0.25) is 10.0 Å². The number of hydrogen-bond donors (Lipinski definition) is 1. The molecule has 0 amide bonds. The zero-order valence-electron chi connectivity index (χ0n) is 12.5. The Balaban J connectivity index is 2.08. The lowest BCUT2D eigenvalue weighted by molar-refractivity contribution is -0.146. The fourth-order valence-corrected chi connectivity index (χ4v) is 2.95. The lowest BCUT2D eigenvalue weighted by Crippen LogP contribution is -2.32. The van der Waals surface area contributed by atoms with E-state index in [9.17, 15) is 9.59 Å². The number of aldehydes is 1. The predicted molar refractivity (Wildman–Crippen MR) is 104 cm³/mol. The zero-order valence-corrected chi connectivity index (χ0v) is 16.1. The van der Waals surface area contributed by atoms with Crippen molar-refractivity contribution in [3.05, 3.63) is 61.6 Å². The molecule has 4 nitrogen and oxygen atoms in total. The van der Waals surface area contributed by atoms with Crippen LogP contribution in [-0.2, 0) is 20.9 Å². The molecule has 1 N–H and O–H groups in total. The number of rotatable bonds is 7. The van der Waals surface area contributed by atoms with Crippen molar-refractivity contribution in [1.82, 2.24) is 0 Å². The highest BCUT2D eigenvalue weighted by molar-refractivity contribution is 14.1. The monoisotopic (exact) mass is 477 g/mol. The maximum absolute atomic E-state index is 12.3. The lowest BCUT2D eigenvalue weighted by atomic mass is 10.2. The second-order valence-corrected chi connectivity index (χ2v) is 6.86. The molecule has 7 heteroatoms. The largest absolute Gasteiger partial charge is 0.459 e. The van der Waals surface area contributed by atoms with Gasteiger partial charge >= 0.3 is 5.97 Å². The van der Waals surface area contributed by atoms with E-state index in [4.69, 9.17) is 27.9 Å². The molecule has 0 saturated heterocycles. The van der Waals surface area contributed by atoms with Gasteiger partial charge in [-0.25, -0.2) is 4.79 Å². The molecule has 0 aliphatic heterocycles. The summed E-state index contributed by atoms with van der Waals surface area (Å²) in [6.45, 7) is 0.143. The number of benzene rings is 2. The van der Waals surface area contributed by atoms with Crippen molar-refractivity contribution < 1.29 is 14.3 Å². The molecule has 2 rings (SSSR count). The number of nitrogens with one attached hydrogen (secondary N) is 1. The first-order valence-corrected chi connectivity index (χ1v) is 8.90. The Hall–Kier alpha value is -1.31. The molecule has 126 valence electrons. The lowest BCUT2D eigenvalue weighted by Gasteiger charge is -2.18. The molecule has 0 spiro atoms. The number of hydrogen-bond acceptors (Lipinski definition) is 4. The summed E-state index contributed by atoms with van der Waals surface area (Å²) in [6, 6.07) is 11.8. The number of carbonyl (C=O) groups excluding carboxylic acids is 2. The summed E-state index contributed by atoms with van der Waals surface area (Å²) in [5, 5.41) is 3.89. The first-order chi connectivity index (χ1) is 11.5. The van der Waals surface area contributed by atoms with Gasteiger partial charge in [0, 0.05) is 11.4 Å². The standard InChI is InChI=1S/C17H14Cl2INO3/c18-12-8-13(19)16(20)15(9-12)21-14(6-7-22)17(23)24-10-11-4-2-1-3-5-11/h1-5,7-9,14,21H,6,10H2. The van der Waals surface area contributed by atoms with Crippen LogP contribution in [-0.4, -0.2) is 18.3 Å². The van der Waals surface area contributed by atoms with Crippen LogP contribution in [0, 0.1) is 3.57 Å². The Labute approximate surface area is 163 Å². The molecular formula is C17H14Cl2INO3. The molecule has 2 aromatic rings. The average molecular weight is 478 g/mol. The summed E-state index contributed by atoms with van der Waals surface area (Å²) in [6.07, 6.45) is 0.647. The Bertz CT molecular complexity index is 725. The molecule has 0 aliphatic rings. The van der Waals surface area contributed by atoms with Gasteiger partial charge in [-0.3, -0.25) is 0 Å². The van der Waals surface area contributed by atoms with Crippen LogP contribution in [0.25, 0.3) is 0 Å². The Morgan fingerprint density at radius 3 is 2.62 bits per heavy atom. The van der Waals surface area contributed by atoms with Gasteiger partial charge in [-0.1, -0.05) is 53.5 Å². The number of anilines is 1.